The number of aliphatic hydroxyl groups is 1. The zero-order chi connectivity index (χ0) is 18.4. The van der Waals surface area contributed by atoms with E-state index in [2.05, 4.69) is 5.32 Å². The van der Waals surface area contributed by atoms with Gasteiger partial charge in [0.15, 0.2) is 6.61 Å². The summed E-state index contributed by atoms with van der Waals surface area (Å²) >= 11 is 2.96. The molecule has 0 aliphatic heterocycles. The van der Waals surface area contributed by atoms with E-state index in [4.69, 9.17) is 9.47 Å². The Hall–Kier alpha value is -2.35. The maximum atomic E-state index is 12.2. The van der Waals surface area contributed by atoms with Gasteiger partial charge in [-0.05, 0) is 52.5 Å². The highest BCUT2D eigenvalue weighted by molar-refractivity contribution is 7.10. The first-order chi connectivity index (χ1) is 12.6. The summed E-state index contributed by atoms with van der Waals surface area (Å²) in [4.78, 5) is 12.9. The molecule has 3 aromatic rings. The fourth-order valence-electron chi connectivity index (χ4n) is 2.44. The molecule has 1 amide bonds. The smallest absolute Gasteiger partial charge is 0.258 e. The summed E-state index contributed by atoms with van der Waals surface area (Å²) in [7, 11) is 1.59. The molecule has 1 aromatic carbocycles. The van der Waals surface area contributed by atoms with Crippen molar-refractivity contribution in [3.63, 3.8) is 0 Å². The van der Waals surface area contributed by atoms with Crippen LogP contribution in [0.25, 0.3) is 0 Å². The zero-order valence-corrected chi connectivity index (χ0v) is 15.8. The van der Waals surface area contributed by atoms with E-state index >= 15 is 0 Å². The summed E-state index contributed by atoms with van der Waals surface area (Å²) in [6, 6.07) is 12.6. The van der Waals surface area contributed by atoms with Gasteiger partial charge < -0.3 is 19.9 Å². The summed E-state index contributed by atoms with van der Waals surface area (Å²) in [5.74, 6) is 0.997. The number of methoxy groups -OCH3 is 1. The molecule has 0 saturated carbocycles. The minimum atomic E-state index is -1.25. The van der Waals surface area contributed by atoms with E-state index in [1.807, 2.05) is 34.3 Å². The van der Waals surface area contributed by atoms with Gasteiger partial charge in [0.05, 0.1) is 13.7 Å². The highest BCUT2D eigenvalue weighted by Crippen LogP contribution is 2.33. The Morgan fingerprint density at radius 1 is 1.15 bits per heavy atom. The van der Waals surface area contributed by atoms with Crippen molar-refractivity contribution in [3.05, 3.63) is 69.0 Å². The Morgan fingerprint density at radius 3 is 2.54 bits per heavy atom. The van der Waals surface area contributed by atoms with Crippen molar-refractivity contribution in [2.45, 2.75) is 5.60 Å². The van der Waals surface area contributed by atoms with Crippen LogP contribution in [0.5, 0.6) is 11.5 Å². The van der Waals surface area contributed by atoms with E-state index in [0.29, 0.717) is 5.75 Å². The number of rotatable bonds is 8. The molecule has 0 saturated heterocycles. The molecule has 26 heavy (non-hydrogen) atoms. The van der Waals surface area contributed by atoms with Crippen LogP contribution in [-0.4, -0.2) is 31.3 Å². The van der Waals surface area contributed by atoms with E-state index in [1.165, 1.54) is 22.7 Å². The predicted octanol–water partition coefficient (Wildman–Crippen LogP) is 3.25. The van der Waals surface area contributed by atoms with E-state index in [9.17, 15) is 9.90 Å². The number of benzene rings is 1. The van der Waals surface area contributed by atoms with Crippen molar-refractivity contribution >= 4 is 28.6 Å². The van der Waals surface area contributed by atoms with Crippen LogP contribution in [0, 0.1) is 0 Å². The van der Waals surface area contributed by atoms with Crippen LogP contribution in [0.4, 0.5) is 0 Å². The molecule has 3 rings (SSSR count). The Morgan fingerprint density at radius 2 is 1.92 bits per heavy atom. The molecule has 5 nitrogen and oxygen atoms in total. The van der Waals surface area contributed by atoms with Crippen molar-refractivity contribution in [2.24, 2.45) is 0 Å². The van der Waals surface area contributed by atoms with E-state index in [0.717, 1.165) is 16.2 Å². The maximum absolute atomic E-state index is 12.2. The molecular formula is C19H19NO4S2. The second-order valence-corrected chi connectivity index (χ2v) is 7.32. The molecule has 0 spiro atoms. The maximum Gasteiger partial charge on any atom is 0.258 e. The Labute approximate surface area is 159 Å². The molecule has 1 unspecified atom stereocenters. The topological polar surface area (TPSA) is 67.8 Å². The Balaban J connectivity index is 1.59. The van der Waals surface area contributed by atoms with Gasteiger partial charge in [0.1, 0.15) is 17.1 Å². The van der Waals surface area contributed by atoms with E-state index in [1.54, 1.807) is 31.4 Å². The summed E-state index contributed by atoms with van der Waals surface area (Å²) in [5, 5.41) is 19.6. The molecule has 2 N–H and O–H groups in total. The highest BCUT2D eigenvalue weighted by atomic mass is 32.1. The van der Waals surface area contributed by atoms with E-state index < -0.39 is 5.60 Å². The van der Waals surface area contributed by atoms with Crippen LogP contribution >= 0.6 is 22.7 Å². The van der Waals surface area contributed by atoms with Crippen molar-refractivity contribution in [2.75, 3.05) is 20.3 Å². The number of amides is 1. The lowest BCUT2D eigenvalue weighted by atomic mass is 9.94. The normalized spacial score (nSPS) is 13.0. The molecule has 0 fully saturated rings. The second-order valence-electron chi connectivity index (χ2n) is 5.59. The lowest BCUT2D eigenvalue weighted by molar-refractivity contribution is -0.124. The fourth-order valence-corrected chi connectivity index (χ4v) is 4.01. The van der Waals surface area contributed by atoms with Gasteiger partial charge in [-0.15, -0.1) is 11.3 Å². The van der Waals surface area contributed by atoms with Crippen LogP contribution < -0.4 is 14.8 Å². The monoisotopic (exact) mass is 389 g/mol. The first-order valence-electron chi connectivity index (χ1n) is 7.94. The number of carbonyl (C=O) groups excluding carboxylic acids is 1. The van der Waals surface area contributed by atoms with Gasteiger partial charge in [-0.2, -0.15) is 11.3 Å². The second kappa shape index (κ2) is 8.35. The SMILES string of the molecule is COc1ccc(OCC(=O)NCC(O)(c2ccsc2)c2cccs2)cc1. The molecule has 7 heteroatoms. The van der Waals surface area contributed by atoms with Gasteiger partial charge in [0.25, 0.3) is 5.91 Å². The van der Waals surface area contributed by atoms with Crippen LogP contribution in [-0.2, 0) is 10.4 Å². The first kappa shape index (κ1) is 18.4. The molecule has 1 atom stereocenters. The van der Waals surface area contributed by atoms with Gasteiger partial charge in [0, 0.05) is 10.4 Å². The van der Waals surface area contributed by atoms with Crippen molar-refractivity contribution < 1.29 is 19.4 Å². The third-order valence-electron chi connectivity index (χ3n) is 3.90. The largest absolute Gasteiger partial charge is 0.497 e. The number of ether oxygens (including phenoxy) is 2. The Kier molecular flexibility index (Phi) is 5.92. The first-order valence-corrected chi connectivity index (χ1v) is 9.76. The lowest BCUT2D eigenvalue weighted by Gasteiger charge is -2.27. The highest BCUT2D eigenvalue weighted by Gasteiger charge is 2.33. The van der Waals surface area contributed by atoms with Gasteiger partial charge in [-0.3, -0.25) is 4.79 Å². The van der Waals surface area contributed by atoms with Crippen molar-refractivity contribution in [3.8, 4) is 11.5 Å². The average molecular weight is 389 g/mol. The minimum Gasteiger partial charge on any atom is -0.497 e. The number of nitrogens with one attached hydrogen (secondary N) is 1. The summed E-state index contributed by atoms with van der Waals surface area (Å²) < 4.78 is 10.6. The Bertz CT molecular complexity index is 780. The number of carbonyl (C=O) groups is 1. The number of hydrogen-bond donors (Lipinski definition) is 2. The number of thiophene rings is 2. The molecule has 136 valence electrons. The minimum absolute atomic E-state index is 0.0784. The van der Waals surface area contributed by atoms with E-state index in [-0.39, 0.29) is 19.1 Å². The van der Waals surface area contributed by atoms with Gasteiger partial charge in [-0.1, -0.05) is 6.07 Å². The molecule has 0 aliphatic rings. The molecule has 2 heterocycles. The summed E-state index contributed by atoms with van der Waals surface area (Å²) in [5.41, 5.74) is -0.481. The average Bonchev–Trinajstić information content (AvgIpc) is 3.39. The molecule has 0 radical (unpaired) electrons. The van der Waals surface area contributed by atoms with Gasteiger partial charge in [0.2, 0.25) is 0 Å². The van der Waals surface area contributed by atoms with Gasteiger partial charge in [-0.25, -0.2) is 0 Å². The summed E-state index contributed by atoms with van der Waals surface area (Å²) in [6.45, 7) is -0.0501. The zero-order valence-electron chi connectivity index (χ0n) is 14.2. The third-order valence-corrected chi connectivity index (χ3v) is 5.60. The molecule has 0 aliphatic carbocycles. The summed E-state index contributed by atoms with van der Waals surface area (Å²) in [6.07, 6.45) is 0. The van der Waals surface area contributed by atoms with Crippen LogP contribution in [0.15, 0.2) is 58.6 Å². The van der Waals surface area contributed by atoms with Gasteiger partial charge >= 0.3 is 0 Å². The standard InChI is InChI=1S/C19H19NO4S2/c1-23-15-4-6-16(7-5-15)24-11-18(21)20-13-19(22,14-8-10-25-12-14)17-3-2-9-26-17/h2-10,12,22H,11,13H2,1H3,(H,20,21). The lowest BCUT2D eigenvalue weighted by Crippen LogP contribution is -2.42. The van der Waals surface area contributed by atoms with Crippen molar-refractivity contribution in [1.29, 1.82) is 0 Å². The van der Waals surface area contributed by atoms with Crippen LogP contribution in [0.2, 0.25) is 0 Å². The predicted molar refractivity (Wildman–Crippen MR) is 103 cm³/mol. The quantitative estimate of drug-likeness (QED) is 0.621. The van der Waals surface area contributed by atoms with Crippen LogP contribution in [0.3, 0.4) is 0 Å². The molecule has 0 bridgehead atoms. The fraction of sp³-hybridized carbons (Fsp3) is 0.211. The number of hydrogen-bond acceptors (Lipinski definition) is 6. The van der Waals surface area contributed by atoms with Crippen LogP contribution in [0.1, 0.15) is 10.4 Å². The molecule has 2 aromatic heterocycles. The van der Waals surface area contributed by atoms with Crippen molar-refractivity contribution in [1.82, 2.24) is 5.32 Å². The molecular weight excluding hydrogens is 370 g/mol. The third kappa shape index (κ3) is 4.24.